The quantitative estimate of drug-likeness (QED) is 0.903. The molecule has 0 unspecified atom stereocenters. The van der Waals surface area contributed by atoms with E-state index in [0.29, 0.717) is 12.2 Å². The van der Waals surface area contributed by atoms with Gasteiger partial charge in [0.05, 0.1) is 25.0 Å². The minimum atomic E-state index is -0.0559. The van der Waals surface area contributed by atoms with Crippen LogP contribution >= 0.6 is 0 Å². The molecule has 2 aromatic heterocycles. The molecule has 24 heavy (non-hydrogen) atoms. The Labute approximate surface area is 141 Å². The molecule has 2 N–H and O–H groups in total. The lowest BCUT2D eigenvalue weighted by atomic mass is 9.79. The summed E-state index contributed by atoms with van der Waals surface area (Å²) in [4.78, 5) is 18.2. The van der Waals surface area contributed by atoms with Gasteiger partial charge in [-0.1, -0.05) is 19.3 Å². The summed E-state index contributed by atoms with van der Waals surface area (Å²) < 4.78 is 10.8. The van der Waals surface area contributed by atoms with Crippen molar-refractivity contribution in [2.75, 3.05) is 32.8 Å². The molecule has 2 aliphatic rings. The minimum Gasteiger partial charge on any atom is -0.463 e. The maximum atomic E-state index is 12.6. The summed E-state index contributed by atoms with van der Waals surface area (Å²) in [7, 11) is 0. The topological polar surface area (TPSA) is 70.5 Å². The fourth-order valence-electron chi connectivity index (χ4n) is 4.16. The van der Waals surface area contributed by atoms with Crippen molar-refractivity contribution in [1.29, 1.82) is 0 Å². The number of amides is 1. The Balaban J connectivity index is 1.46. The van der Waals surface area contributed by atoms with Crippen LogP contribution in [0, 0.1) is 0 Å². The van der Waals surface area contributed by atoms with Crippen LogP contribution in [0.5, 0.6) is 0 Å². The normalized spacial score (nSPS) is 21.8. The van der Waals surface area contributed by atoms with Crippen molar-refractivity contribution >= 4 is 17.0 Å². The first kappa shape index (κ1) is 15.7. The van der Waals surface area contributed by atoms with E-state index in [9.17, 15) is 4.79 Å². The number of fused-ring (bicyclic) bond motifs is 1. The van der Waals surface area contributed by atoms with Gasteiger partial charge in [0, 0.05) is 37.3 Å². The molecule has 1 aliphatic heterocycles. The molecule has 0 spiro atoms. The zero-order valence-corrected chi connectivity index (χ0v) is 14.0. The van der Waals surface area contributed by atoms with Crippen molar-refractivity contribution in [3.63, 3.8) is 0 Å². The molecule has 0 radical (unpaired) electrons. The highest BCUT2D eigenvalue weighted by atomic mass is 16.5. The third-order valence-corrected chi connectivity index (χ3v) is 5.53. The van der Waals surface area contributed by atoms with E-state index in [-0.39, 0.29) is 11.4 Å². The first-order valence-corrected chi connectivity index (χ1v) is 8.94. The number of aromatic amines is 1. The monoisotopic (exact) mass is 331 g/mol. The molecule has 0 bridgehead atoms. The molecule has 1 amide bonds. The van der Waals surface area contributed by atoms with Crippen LogP contribution in [-0.4, -0.2) is 54.2 Å². The number of morpholine rings is 1. The van der Waals surface area contributed by atoms with E-state index < -0.39 is 0 Å². The minimum absolute atomic E-state index is 0.0559. The lowest BCUT2D eigenvalue weighted by molar-refractivity contribution is -0.0361. The summed E-state index contributed by atoms with van der Waals surface area (Å²) in [6.45, 7) is 4.22. The van der Waals surface area contributed by atoms with Gasteiger partial charge in [0.25, 0.3) is 5.91 Å². The van der Waals surface area contributed by atoms with Crippen molar-refractivity contribution in [3.8, 4) is 0 Å². The Kier molecular flexibility index (Phi) is 4.33. The largest absolute Gasteiger partial charge is 0.463 e. The molecule has 4 rings (SSSR count). The standard InChI is InChI=1S/C18H25N3O3/c22-17(15-12-16-14(20-15)4-9-24-16)19-13-18(5-2-1-3-6-18)21-7-10-23-11-8-21/h4,9,12,20H,1-3,5-8,10-11,13H2,(H,19,22). The second-order valence-corrected chi connectivity index (χ2v) is 6.95. The second kappa shape index (κ2) is 6.61. The van der Waals surface area contributed by atoms with Gasteiger partial charge in [-0.25, -0.2) is 0 Å². The maximum Gasteiger partial charge on any atom is 0.267 e. The van der Waals surface area contributed by atoms with E-state index in [1.165, 1.54) is 19.3 Å². The Morgan fingerprint density at radius 2 is 2.04 bits per heavy atom. The van der Waals surface area contributed by atoms with Gasteiger partial charge in [-0.2, -0.15) is 0 Å². The SMILES string of the molecule is O=C(NCC1(N2CCOCC2)CCCCC1)c1cc2occc2[nH]1. The first-order chi connectivity index (χ1) is 11.8. The van der Waals surface area contributed by atoms with Crippen LogP contribution < -0.4 is 5.32 Å². The van der Waals surface area contributed by atoms with Crippen LogP contribution in [0.1, 0.15) is 42.6 Å². The van der Waals surface area contributed by atoms with Gasteiger partial charge in [-0.15, -0.1) is 0 Å². The zero-order chi connectivity index (χ0) is 16.4. The van der Waals surface area contributed by atoms with Crippen molar-refractivity contribution in [3.05, 3.63) is 24.1 Å². The molecule has 6 heteroatoms. The van der Waals surface area contributed by atoms with E-state index in [4.69, 9.17) is 9.15 Å². The number of ether oxygens (including phenoxy) is 1. The molecule has 0 aromatic carbocycles. The smallest absolute Gasteiger partial charge is 0.267 e. The Hall–Kier alpha value is -1.79. The van der Waals surface area contributed by atoms with Gasteiger partial charge < -0.3 is 19.5 Å². The second-order valence-electron chi connectivity index (χ2n) is 6.95. The number of carbonyl (C=O) groups is 1. The number of H-pyrrole nitrogens is 1. The molecule has 130 valence electrons. The van der Waals surface area contributed by atoms with Crippen molar-refractivity contribution in [2.24, 2.45) is 0 Å². The van der Waals surface area contributed by atoms with Crippen LogP contribution in [0.2, 0.25) is 0 Å². The summed E-state index contributed by atoms with van der Waals surface area (Å²) in [6, 6.07) is 3.61. The number of nitrogens with one attached hydrogen (secondary N) is 2. The highest BCUT2D eigenvalue weighted by Crippen LogP contribution is 2.34. The molecular weight excluding hydrogens is 306 g/mol. The molecule has 1 saturated heterocycles. The van der Waals surface area contributed by atoms with Gasteiger partial charge >= 0.3 is 0 Å². The summed E-state index contributed by atoms with van der Waals surface area (Å²) in [5.74, 6) is -0.0559. The van der Waals surface area contributed by atoms with E-state index in [2.05, 4.69) is 15.2 Å². The number of hydrogen-bond donors (Lipinski definition) is 2. The van der Waals surface area contributed by atoms with E-state index >= 15 is 0 Å². The van der Waals surface area contributed by atoms with E-state index in [1.54, 1.807) is 12.3 Å². The molecule has 1 aliphatic carbocycles. The average Bonchev–Trinajstić information content (AvgIpc) is 3.23. The predicted octanol–water partition coefficient (Wildman–Crippen LogP) is 2.53. The highest BCUT2D eigenvalue weighted by molar-refractivity contribution is 5.96. The number of rotatable bonds is 4. The van der Waals surface area contributed by atoms with Gasteiger partial charge in [0.15, 0.2) is 5.58 Å². The van der Waals surface area contributed by atoms with E-state index in [1.807, 2.05) is 6.07 Å². The molecule has 2 aromatic rings. The molecule has 0 atom stereocenters. The third-order valence-electron chi connectivity index (χ3n) is 5.53. The summed E-state index contributed by atoms with van der Waals surface area (Å²) in [5.41, 5.74) is 2.24. The summed E-state index contributed by atoms with van der Waals surface area (Å²) >= 11 is 0. The lowest BCUT2D eigenvalue weighted by Crippen LogP contribution is -2.59. The number of carbonyl (C=O) groups excluding carboxylic acids is 1. The third kappa shape index (κ3) is 2.96. The van der Waals surface area contributed by atoms with Crippen LogP contribution in [0.3, 0.4) is 0 Å². The van der Waals surface area contributed by atoms with Crippen molar-refractivity contribution in [2.45, 2.75) is 37.6 Å². The van der Waals surface area contributed by atoms with Crippen LogP contribution in [-0.2, 0) is 4.74 Å². The fourth-order valence-corrected chi connectivity index (χ4v) is 4.16. The Morgan fingerprint density at radius 3 is 2.79 bits per heavy atom. The average molecular weight is 331 g/mol. The van der Waals surface area contributed by atoms with E-state index in [0.717, 1.165) is 50.2 Å². The fraction of sp³-hybridized carbons (Fsp3) is 0.611. The van der Waals surface area contributed by atoms with Crippen LogP contribution in [0.4, 0.5) is 0 Å². The molecule has 1 saturated carbocycles. The first-order valence-electron chi connectivity index (χ1n) is 8.94. The Bertz CT molecular complexity index is 665. The molecular formula is C18H25N3O3. The van der Waals surface area contributed by atoms with Gasteiger partial charge in [-0.05, 0) is 12.8 Å². The summed E-state index contributed by atoms with van der Waals surface area (Å²) in [6.07, 6.45) is 7.71. The van der Waals surface area contributed by atoms with Gasteiger partial charge in [0.2, 0.25) is 0 Å². The van der Waals surface area contributed by atoms with Crippen LogP contribution in [0.15, 0.2) is 22.8 Å². The number of nitrogens with zero attached hydrogens (tertiary/aromatic N) is 1. The molecule has 2 fully saturated rings. The van der Waals surface area contributed by atoms with Gasteiger partial charge in [-0.3, -0.25) is 9.69 Å². The Morgan fingerprint density at radius 1 is 1.25 bits per heavy atom. The van der Waals surface area contributed by atoms with Crippen molar-refractivity contribution < 1.29 is 13.9 Å². The number of aromatic nitrogens is 1. The summed E-state index contributed by atoms with van der Waals surface area (Å²) in [5, 5.41) is 3.16. The molecule has 6 nitrogen and oxygen atoms in total. The van der Waals surface area contributed by atoms with Crippen molar-refractivity contribution in [1.82, 2.24) is 15.2 Å². The number of hydrogen-bond acceptors (Lipinski definition) is 4. The molecule has 3 heterocycles. The maximum absolute atomic E-state index is 12.6. The zero-order valence-electron chi connectivity index (χ0n) is 14.0. The lowest BCUT2D eigenvalue weighted by Gasteiger charge is -2.48. The van der Waals surface area contributed by atoms with Gasteiger partial charge in [0.1, 0.15) is 5.69 Å². The number of furan rings is 1. The highest BCUT2D eigenvalue weighted by Gasteiger charge is 2.38. The van der Waals surface area contributed by atoms with Crippen LogP contribution in [0.25, 0.3) is 11.1 Å². The predicted molar refractivity (Wildman–Crippen MR) is 91.1 cm³/mol.